The average Bonchev–Trinajstić information content (AvgIpc) is 2.68. The van der Waals surface area contributed by atoms with Crippen molar-refractivity contribution < 1.29 is 18.0 Å². The maximum Gasteiger partial charge on any atom is 0.321 e. The smallest absolute Gasteiger partial charge is 0.321 e. The van der Waals surface area contributed by atoms with Crippen molar-refractivity contribution in [3.05, 3.63) is 41.3 Å². The molecule has 0 aliphatic carbocycles. The number of piperazine rings is 1. The quantitative estimate of drug-likeness (QED) is 0.631. The van der Waals surface area contributed by atoms with Gasteiger partial charge in [-0.1, -0.05) is 43.7 Å². The fourth-order valence-electron chi connectivity index (χ4n) is 2.75. The molecule has 154 valence electrons. The second-order valence-corrected chi connectivity index (χ2v) is 8.41. The van der Waals surface area contributed by atoms with Gasteiger partial charge in [0.15, 0.2) is 0 Å². The topological polar surface area (TPSA) is 98.8 Å². The first-order valence-corrected chi connectivity index (χ1v) is 10.9. The zero-order valence-electron chi connectivity index (χ0n) is 16.1. The van der Waals surface area contributed by atoms with Crippen LogP contribution in [0.25, 0.3) is 6.08 Å². The molecule has 1 heterocycles. The second kappa shape index (κ2) is 10.9. The lowest BCUT2D eigenvalue weighted by Crippen LogP contribution is -2.52. The molecule has 1 aliphatic heterocycles. The Kier molecular flexibility index (Phi) is 8.62. The van der Waals surface area contributed by atoms with Crippen molar-refractivity contribution in [1.82, 2.24) is 19.8 Å². The van der Waals surface area contributed by atoms with E-state index in [1.165, 1.54) is 9.71 Å². The van der Waals surface area contributed by atoms with Crippen LogP contribution in [0.1, 0.15) is 25.3 Å². The number of nitrogens with one attached hydrogen (secondary N) is 2. The van der Waals surface area contributed by atoms with Crippen molar-refractivity contribution in [2.75, 3.05) is 39.3 Å². The lowest BCUT2D eigenvalue weighted by molar-refractivity contribution is -0.121. The van der Waals surface area contributed by atoms with E-state index in [0.717, 1.165) is 18.4 Å². The number of benzene rings is 1. The molecule has 0 aromatic heterocycles. The van der Waals surface area contributed by atoms with Crippen LogP contribution in [0.15, 0.2) is 35.7 Å². The summed E-state index contributed by atoms with van der Waals surface area (Å²) in [7, 11) is -3.50. The summed E-state index contributed by atoms with van der Waals surface area (Å²) >= 11 is 0. The van der Waals surface area contributed by atoms with E-state index in [9.17, 15) is 18.0 Å². The first kappa shape index (κ1) is 22.1. The molecule has 1 saturated heterocycles. The number of urea groups is 1. The van der Waals surface area contributed by atoms with Gasteiger partial charge in [0.25, 0.3) is 0 Å². The van der Waals surface area contributed by atoms with Gasteiger partial charge in [-0.3, -0.25) is 15.0 Å². The molecule has 2 N–H and O–H groups in total. The van der Waals surface area contributed by atoms with Gasteiger partial charge in [0.1, 0.15) is 0 Å². The van der Waals surface area contributed by atoms with Crippen molar-refractivity contribution in [3.63, 3.8) is 0 Å². The minimum atomic E-state index is -3.50. The highest BCUT2D eigenvalue weighted by Crippen LogP contribution is 2.11. The molecule has 2 rings (SSSR count). The molecule has 1 aromatic rings. The standard InChI is InChI=1S/C19H28N4O4S/c1-2-3-10-20-19(25)21-18(24)16-22-11-13-23(14-12-22)28(26,27)15-9-17-7-5-4-6-8-17/h4-9,15H,2-3,10-14,16H2,1H3,(H2,20,21,24,25)/b15-9+. The lowest BCUT2D eigenvalue weighted by atomic mass is 10.2. The number of carbonyl (C=O) groups excluding carboxylic acids is 2. The third-order valence-electron chi connectivity index (χ3n) is 4.36. The van der Waals surface area contributed by atoms with Crippen molar-refractivity contribution in [2.45, 2.75) is 19.8 Å². The maximum absolute atomic E-state index is 12.4. The fraction of sp³-hybridized carbons (Fsp3) is 0.474. The van der Waals surface area contributed by atoms with E-state index < -0.39 is 22.0 Å². The zero-order chi connectivity index (χ0) is 20.4. The van der Waals surface area contributed by atoms with E-state index in [-0.39, 0.29) is 6.54 Å². The van der Waals surface area contributed by atoms with Gasteiger partial charge < -0.3 is 5.32 Å². The predicted molar refractivity (Wildman–Crippen MR) is 109 cm³/mol. The maximum atomic E-state index is 12.4. The summed E-state index contributed by atoms with van der Waals surface area (Å²) in [4.78, 5) is 25.4. The summed E-state index contributed by atoms with van der Waals surface area (Å²) in [5, 5.41) is 6.13. The predicted octanol–water partition coefficient (Wildman–Crippen LogP) is 1.23. The summed E-state index contributed by atoms with van der Waals surface area (Å²) in [5.74, 6) is -0.394. The van der Waals surface area contributed by atoms with Crippen LogP contribution in [0, 0.1) is 0 Å². The van der Waals surface area contributed by atoms with Gasteiger partial charge in [0.05, 0.1) is 6.54 Å². The van der Waals surface area contributed by atoms with Gasteiger partial charge in [0.2, 0.25) is 15.9 Å². The monoisotopic (exact) mass is 408 g/mol. The zero-order valence-corrected chi connectivity index (χ0v) is 17.0. The van der Waals surface area contributed by atoms with Crippen molar-refractivity contribution >= 4 is 28.0 Å². The Morgan fingerprint density at radius 3 is 2.43 bits per heavy atom. The minimum absolute atomic E-state index is 0.0644. The Bertz CT molecular complexity index is 772. The molecule has 0 unspecified atom stereocenters. The van der Waals surface area contributed by atoms with Crippen molar-refractivity contribution in [1.29, 1.82) is 0 Å². The van der Waals surface area contributed by atoms with Crippen LogP contribution in [0.4, 0.5) is 4.79 Å². The van der Waals surface area contributed by atoms with Crippen molar-refractivity contribution in [3.8, 4) is 0 Å². The molecule has 8 nitrogen and oxygen atoms in total. The van der Waals surface area contributed by atoms with E-state index in [1.807, 2.05) is 42.2 Å². The number of unbranched alkanes of at least 4 members (excludes halogenated alkanes) is 1. The van der Waals surface area contributed by atoms with E-state index in [2.05, 4.69) is 10.6 Å². The number of nitrogens with zero attached hydrogens (tertiary/aromatic N) is 2. The Balaban J connectivity index is 1.76. The molecule has 1 fully saturated rings. The summed E-state index contributed by atoms with van der Waals surface area (Å²) in [6.45, 7) is 4.08. The highest BCUT2D eigenvalue weighted by atomic mass is 32.2. The van der Waals surface area contributed by atoms with Crippen LogP contribution >= 0.6 is 0 Å². The van der Waals surface area contributed by atoms with E-state index in [0.29, 0.717) is 32.7 Å². The molecule has 0 atom stereocenters. The number of sulfonamides is 1. The molecule has 0 bridgehead atoms. The third kappa shape index (κ3) is 7.41. The van der Waals surface area contributed by atoms with Crippen LogP contribution in [0.5, 0.6) is 0 Å². The second-order valence-electron chi connectivity index (χ2n) is 6.59. The average molecular weight is 409 g/mol. The minimum Gasteiger partial charge on any atom is -0.338 e. The normalized spacial score (nSPS) is 16.2. The Hall–Kier alpha value is -2.23. The number of hydrogen-bond acceptors (Lipinski definition) is 5. The van der Waals surface area contributed by atoms with Gasteiger partial charge in [0, 0.05) is 38.1 Å². The molecule has 28 heavy (non-hydrogen) atoms. The molecule has 1 aliphatic rings. The summed E-state index contributed by atoms with van der Waals surface area (Å²) in [5.41, 5.74) is 0.818. The Labute approximate surface area is 166 Å². The number of rotatable bonds is 8. The lowest BCUT2D eigenvalue weighted by Gasteiger charge is -2.32. The molecule has 0 spiro atoms. The van der Waals surface area contributed by atoms with E-state index in [4.69, 9.17) is 0 Å². The fourth-order valence-corrected chi connectivity index (χ4v) is 3.92. The Morgan fingerprint density at radius 1 is 1.11 bits per heavy atom. The molecule has 1 aromatic carbocycles. The number of carbonyl (C=O) groups is 2. The van der Waals surface area contributed by atoms with Crippen molar-refractivity contribution in [2.24, 2.45) is 0 Å². The van der Waals surface area contributed by atoms with Crippen LogP contribution in [0.2, 0.25) is 0 Å². The number of imide groups is 1. The van der Waals surface area contributed by atoms with Gasteiger partial charge in [-0.25, -0.2) is 13.2 Å². The van der Waals surface area contributed by atoms with Gasteiger partial charge in [-0.15, -0.1) is 0 Å². The molecule has 9 heteroatoms. The van der Waals surface area contributed by atoms with Crippen LogP contribution in [-0.4, -0.2) is 68.8 Å². The third-order valence-corrected chi connectivity index (χ3v) is 5.92. The van der Waals surface area contributed by atoms with E-state index in [1.54, 1.807) is 6.08 Å². The first-order chi connectivity index (χ1) is 13.4. The van der Waals surface area contributed by atoms with Gasteiger partial charge in [-0.2, -0.15) is 4.31 Å². The summed E-state index contributed by atoms with van der Waals surface area (Å²) in [6, 6.07) is 8.74. The molecule has 0 saturated carbocycles. The summed E-state index contributed by atoms with van der Waals surface area (Å²) in [6.07, 6.45) is 3.39. The number of amides is 3. The highest BCUT2D eigenvalue weighted by Gasteiger charge is 2.26. The van der Waals surface area contributed by atoms with Crippen LogP contribution in [0.3, 0.4) is 0 Å². The Morgan fingerprint density at radius 2 is 1.79 bits per heavy atom. The SMILES string of the molecule is CCCCNC(=O)NC(=O)CN1CCN(S(=O)(=O)/C=C/c2ccccc2)CC1. The molecule has 3 amide bonds. The number of hydrogen-bond donors (Lipinski definition) is 2. The molecular weight excluding hydrogens is 380 g/mol. The van der Waals surface area contributed by atoms with Crippen LogP contribution < -0.4 is 10.6 Å². The largest absolute Gasteiger partial charge is 0.338 e. The first-order valence-electron chi connectivity index (χ1n) is 9.44. The molecular formula is C19H28N4O4S. The molecule has 0 radical (unpaired) electrons. The summed E-state index contributed by atoms with van der Waals surface area (Å²) < 4.78 is 26.3. The van der Waals surface area contributed by atoms with E-state index >= 15 is 0 Å². The van der Waals surface area contributed by atoms with Gasteiger partial charge >= 0.3 is 6.03 Å². The highest BCUT2D eigenvalue weighted by molar-refractivity contribution is 7.92. The van der Waals surface area contributed by atoms with Gasteiger partial charge in [-0.05, 0) is 18.1 Å². The van der Waals surface area contributed by atoms with Crippen LogP contribution in [-0.2, 0) is 14.8 Å².